The van der Waals surface area contributed by atoms with Crippen LogP contribution in [-0.4, -0.2) is 21.0 Å². The van der Waals surface area contributed by atoms with Crippen molar-refractivity contribution in [3.63, 3.8) is 0 Å². The van der Waals surface area contributed by atoms with Crippen LogP contribution in [0.25, 0.3) is 0 Å². The molecule has 0 amide bonds. The predicted octanol–water partition coefficient (Wildman–Crippen LogP) is 1.63. The van der Waals surface area contributed by atoms with Crippen molar-refractivity contribution in [1.29, 1.82) is 5.26 Å². The van der Waals surface area contributed by atoms with Gasteiger partial charge in [-0.05, 0) is 37.4 Å². The largest absolute Gasteiger partial charge is 0.330 e. The number of hydrogen-bond donors (Lipinski definition) is 2. The second-order valence-corrected chi connectivity index (χ2v) is 7.04. The van der Waals surface area contributed by atoms with Gasteiger partial charge in [0.15, 0.2) is 4.90 Å². The summed E-state index contributed by atoms with van der Waals surface area (Å²) < 4.78 is 54.7. The van der Waals surface area contributed by atoms with E-state index in [1.54, 1.807) is 6.07 Å². The SMILES string of the molecule is N#Cc1cc(F)c(S(=O)(=O)N[C@H]2CCCC[C@H]2CN)c(F)c1. The maximum Gasteiger partial charge on any atom is 0.246 e. The first kappa shape index (κ1) is 16.8. The van der Waals surface area contributed by atoms with E-state index in [1.165, 1.54) is 0 Å². The third kappa shape index (κ3) is 3.43. The van der Waals surface area contributed by atoms with Crippen LogP contribution in [0.4, 0.5) is 8.78 Å². The molecule has 5 nitrogen and oxygen atoms in total. The summed E-state index contributed by atoms with van der Waals surface area (Å²) in [6.07, 6.45) is 3.16. The molecule has 3 N–H and O–H groups in total. The molecule has 0 radical (unpaired) electrons. The van der Waals surface area contributed by atoms with Crippen molar-refractivity contribution in [3.05, 3.63) is 29.3 Å². The summed E-state index contributed by atoms with van der Waals surface area (Å²) in [5.74, 6) is -2.60. The van der Waals surface area contributed by atoms with E-state index in [1.807, 2.05) is 0 Å². The van der Waals surface area contributed by atoms with Crippen LogP contribution in [-0.2, 0) is 10.0 Å². The number of nitriles is 1. The van der Waals surface area contributed by atoms with Gasteiger partial charge in [0.2, 0.25) is 10.0 Å². The summed E-state index contributed by atoms with van der Waals surface area (Å²) >= 11 is 0. The van der Waals surface area contributed by atoms with Crippen molar-refractivity contribution < 1.29 is 17.2 Å². The van der Waals surface area contributed by atoms with Crippen LogP contribution in [0.1, 0.15) is 31.2 Å². The molecule has 0 spiro atoms. The number of nitrogens with zero attached hydrogens (tertiary/aromatic N) is 1. The van der Waals surface area contributed by atoms with E-state index in [4.69, 9.17) is 11.0 Å². The van der Waals surface area contributed by atoms with Gasteiger partial charge in [-0.25, -0.2) is 21.9 Å². The van der Waals surface area contributed by atoms with Crippen LogP contribution in [0.3, 0.4) is 0 Å². The topological polar surface area (TPSA) is 96.0 Å². The third-order valence-corrected chi connectivity index (χ3v) is 5.45. The number of hydrogen-bond acceptors (Lipinski definition) is 4. The van der Waals surface area contributed by atoms with Crippen LogP contribution < -0.4 is 10.5 Å². The highest BCUT2D eigenvalue weighted by molar-refractivity contribution is 7.89. The van der Waals surface area contributed by atoms with Crippen LogP contribution in [0.2, 0.25) is 0 Å². The number of benzene rings is 1. The van der Waals surface area contributed by atoms with Crippen molar-refractivity contribution in [2.24, 2.45) is 11.7 Å². The Labute approximate surface area is 128 Å². The Morgan fingerprint density at radius 2 is 1.86 bits per heavy atom. The van der Waals surface area contributed by atoms with Gasteiger partial charge in [0.05, 0.1) is 11.6 Å². The smallest absolute Gasteiger partial charge is 0.246 e. The average molecular weight is 329 g/mol. The molecule has 1 aliphatic rings. The molecule has 1 fully saturated rings. The van der Waals surface area contributed by atoms with Gasteiger partial charge in [-0.1, -0.05) is 12.8 Å². The first-order valence-electron chi connectivity index (χ1n) is 7.00. The van der Waals surface area contributed by atoms with E-state index in [0.717, 1.165) is 19.3 Å². The van der Waals surface area contributed by atoms with E-state index >= 15 is 0 Å². The number of sulfonamides is 1. The zero-order valence-electron chi connectivity index (χ0n) is 11.9. The predicted molar refractivity (Wildman–Crippen MR) is 76.2 cm³/mol. The maximum atomic E-state index is 13.9. The average Bonchev–Trinajstić information content (AvgIpc) is 2.46. The molecule has 1 aromatic carbocycles. The fourth-order valence-electron chi connectivity index (χ4n) is 2.78. The molecular weight excluding hydrogens is 312 g/mol. The van der Waals surface area contributed by atoms with Crippen molar-refractivity contribution in [2.45, 2.75) is 36.6 Å². The molecule has 0 aliphatic heterocycles. The molecule has 8 heteroatoms. The lowest BCUT2D eigenvalue weighted by Crippen LogP contribution is -2.45. The number of halogens is 2. The number of nitrogens with one attached hydrogen (secondary N) is 1. The van der Waals surface area contributed by atoms with Crippen molar-refractivity contribution in [2.75, 3.05) is 6.54 Å². The highest BCUT2D eigenvalue weighted by atomic mass is 32.2. The van der Waals surface area contributed by atoms with Crippen molar-refractivity contribution in [1.82, 2.24) is 4.72 Å². The highest BCUT2D eigenvalue weighted by Crippen LogP contribution is 2.27. The minimum absolute atomic E-state index is 0.0481. The molecule has 2 rings (SSSR count). The Balaban J connectivity index is 2.33. The molecule has 22 heavy (non-hydrogen) atoms. The Bertz CT molecular complexity index is 678. The number of nitrogens with two attached hydrogens (primary N) is 1. The lowest BCUT2D eigenvalue weighted by molar-refractivity contribution is 0.295. The fourth-order valence-corrected chi connectivity index (χ4v) is 4.24. The summed E-state index contributed by atoms with van der Waals surface area (Å²) in [7, 11) is -4.35. The van der Waals surface area contributed by atoms with Crippen molar-refractivity contribution in [3.8, 4) is 6.07 Å². The second kappa shape index (κ2) is 6.69. The van der Waals surface area contributed by atoms with Gasteiger partial charge in [0, 0.05) is 6.04 Å². The lowest BCUT2D eigenvalue weighted by atomic mass is 9.85. The number of rotatable bonds is 4. The van der Waals surface area contributed by atoms with Gasteiger partial charge in [0.25, 0.3) is 0 Å². The molecule has 120 valence electrons. The van der Waals surface area contributed by atoms with E-state index in [9.17, 15) is 17.2 Å². The Hall–Kier alpha value is -1.56. The molecule has 0 aromatic heterocycles. The van der Waals surface area contributed by atoms with Gasteiger partial charge in [-0.2, -0.15) is 5.26 Å². The van der Waals surface area contributed by atoms with Crippen LogP contribution in [0, 0.1) is 28.9 Å². The fraction of sp³-hybridized carbons (Fsp3) is 0.500. The molecule has 0 heterocycles. The van der Waals surface area contributed by atoms with Crippen molar-refractivity contribution >= 4 is 10.0 Å². The Kier molecular flexibility index (Phi) is 5.11. The standard InChI is InChI=1S/C14H17F2N3O2S/c15-11-5-9(7-17)6-12(16)14(11)22(20,21)19-13-4-2-1-3-10(13)8-18/h5-6,10,13,19H,1-4,8,18H2/t10-,13-/m0/s1. The monoisotopic (exact) mass is 329 g/mol. The lowest BCUT2D eigenvalue weighted by Gasteiger charge is -2.31. The van der Waals surface area contributed by atoms with Crippen LogP contribution >= 0.6 is 0 Å². The quantitative estimate of drug-likeness (QED) is 0.877. The van der Waals surface area contributed by atoms with Gasteiger partial charge in [-0.15, -0.1) is 0 Å². The molecule has 2 atom stereocenters. The molecular formula is C14H17F2N3O2S. The van der Waals surface area contributed by atoms with Gasteiger partial charge in [-0.3, -0.25) is 0 Å². The summed E-state index contributed by atoms with van der Waals surface area (Å²) in [6, 6.07) is 2.56. The first-order chi connectivity index (χ1) is 10.4. The Morgan fingerprint density at radius 3 is 2.41 bits per heavy atom. The van der Waals surface area contributed by atoms with E-state index in [2.05, 4.69) is 4.72 Å². The van der Waals surface area contributed by atoms with Gasteiger partial charge >= 0.3 is 0 Å². The second-order valence-electron chi connectivity index (χ2n) is 5.39. The van der Waals surface area contributed by atoms with Crippen LogP contribution in [0.5, 0.6) is 0 Å². The molecule has 0 unspecified atom stereocenters. The zero-order valence-corrected chi connectivity index (χ0v) is 12.7. The summed E-state index contributed by atoms with van der Waals surface area (Å²) in [5.41, 5.74) is 5.36. The van der Waals surface area contributed by atoms with Crippen LogP contribution in [0.15, 0.2) is 17.0 Å². The van der Waals surface area contributed by atoms with E-state index < -0.39 is 32.6 Å². The minimum Gasteiger partial charge on any atom is -0.330 e. The molecule has 1 aromatic rings. The summed E-state index contributed by atoms with van der Waals surface area (Å²) in [6.45, 7) is 0.311. The van der Waals surface area contributed by atoms with Gasteiger partial charge in [0.1, 0.15) is 11.6 Å². The summed E-state index contributed by atoms with van der Waals surface area (Å²) in [5, 5.41) is 8.65. The zero-order chi connectivity index (χ0) is 16.3. The molecule has 0 bridgehead atoms. The Morgan fingerprint density at radius 1 is 1.27 bits per heavy atom. The normalized spacial score (nSPS) is 22.3. The minimum atomic E-state index is -4.35. The maximum absolute atomic E-state index is 13.9. The molecule has 1 aliphatic carbocycles. The van der Waals surface area contributed by atoms with Gasteiger partial charge < -0.3 is 5.73 Å². The first-order valence-corrected chi connectivity index (χ1v) is 8.49. The third-order valence-electron chi connectivity index (χ3n) is 3.91. The van der Waals surface area contributed by atoms with E-state index in [-0.39, 0.29) is 11.5 Å². The molecule has 0 saturated heterocycles. The van der Waals surface area contributed by atoms with E-state index in [0.29, 0.717) is 25.1 Å². The molecule has 1 saturated carbocycles. The highest BCUT2D eigenvalue weighted by Gasteiger charge is 2.32. The summed E-state index contributed by atoms with van der Waals surface area (Å²) in [4.78, 5) is -1.05.